The van der Waals surface area contributed by atoms with Crippen molar-refractivity contribution in [3.05, 3.63) is 46.2 Å². The molecule has 0 N–H and O–H groups in total. The third-order valence-electron chi connectivity index (χ3n) is 2.68. The van der Waals surface area contributed by atoms with Crippen LogP contribution < -0.4 is 4.74 Å². The summed E-state index contributed by atoms with van der Waals surface area (Å²) in [5, 5.41) is 4.04. The van der Waals surface area contributed by atoms with Crippen molar-refractivity contribution in [1.82, 2.24) is 9.78 Å². The lowest BCUT2D eigenvalue weighted by molar-refractivity contribution is 0.0983. The van der Waals surface area contributed by atoms with Crippen LogP contribution in [0.25, 0.3) is 0 Å². The smallest absolute Gasteiger partial charge is 0.186 e. The number of carbonyl (C=O) groups is 1. The van der Waals surface area contributed by atoms with Gasteiger partial charge in [0, 0.05) is 13.5 Å². The van der Waals surface area contributed by atoms with Crippen molar-refractivity contribution in [3.8, 4) is 5.75 Å². The van der Waals surface area contributed by atoms with Crippen LogP contribution in [0.2, 0.25) is 0 Å². The van der Waals surface area contributed by atoms with Crippen molar-refractivity contribution in [2.45, 2.75) is 6.42 Å². The van der Waals surface area contributed by atoms with Crippen molar-refractivity contribution in [2.75, 3.05) is 7.11 Å². The third kappa shape index (κ3) is 2.61. The molecular weight excluding hydrogens is 296 g/mol. The average Bonchev–Trinajstić information content (AvgIpc) is 2.70. The van der Waals surface area contributed by atoms with E-state index in [0.29, 0.717) is 12.1 Å². The second-order valence-corrected chi connectivity index (χ2v) is 4.77. The zero-order chi connectivity index (χ0) is 13.1. The number of halogens is 1. The molecule has 18 heavy (non-hydrogen) atoms. The second-order valence-electron chi connectivity index (χ2n) is 3.91. The average molecular weight is 309 g/mol. The van der Waals surface area contributed by atoms with E-state index < -0.39 is 0 Å². The SMILES string of the molecule is COc1ccc(CC(=O)c2c(Br)cnn2C)cc1. The van der Waals surface area contributed by atoms with Crippen LogP contribution >= 0.6 is 15.9 Å². The van der Waals surface area contributed by atoms with Crippen molar-refractivity contribution in [1.29, 1.82) is 0 Å². The maximum Gasteiger partial charge on any atom is 0.186 e. The van der Waals surface area contributed by atoms with Crippen molar-refractivity contribution in [2.24, 2.45) is 7.05 Å². The molecule has 0 radical (unpaired) electrons. The number of hydrogen-bond acceptors (Lipinski definition) is 3. The molecule has 0 amide bonds. The molecule has 0 bridgehead atoms. The molecule has 0 saturated heterocycles. The van der Waals surface area contributed by atoms with E-state index >= 15 is 0 Å². The van der Waals surface area contributed by atoms with E-state index in [1.807, 2.05) is 24.3 Å². The lowest BCUT2D eigenvalue weighted by atomic mass is 10.1. The van der Waals surface area contributed by atoms with E-state index in [1.54, 1.807) is 25.0 Å². The standard InChI is InChI=1S/C13H13BrN2O2/c1-16-13(11(14)8-15-16)12(17)7-9-3-5-10(18-2)6-4-9/h3-6,8H,7H2,1-2H3. The fourth-order valence-electron chi connectivity index (χ4n) is 1.74. The minimum atomic E-state index is 0.0343. The maximum absolute atomic E-state index is 12.1. The van der Waals surface area contributed by atoms with Gasteiger partial charge < -0.3 is 4.74 Å². The van der Waals surface area contributed by atoms with Gasteiger partial charge in [-0.15, -0.1) is 0 Å². The number of ether oxygens (including phenoxy) is 1. The number of nitrogens with zero attached hydrogens (tertiary/aromatic N) is 2. The third-order valence-corrected chi connectivity index (χ3v) is 3.26. The monoisotopic (exact) mass is 308 g/mol. The van der Waals surface area contributed by atoms with E-state index in [-0.39, 0.29) is 5.78 Å². The van der Waals surface area contributed by atoms with E-state index in [9.17, 15) is 4.79 Å². The first-order valence-corrected chi connectivity index (χ1v) is 6.24. The molecular formula is C13H13BrN2O2. The van der Waals surface area contributed by atoms with Crippen LogP contribution in [0.4, 0.5) is 0 Å². The summed E-state index contributed by atoms with van der Waals surface area (Å²) < 4.78 is 7.38. The van der Waals surface area contributed by atoms with Gasteiger partial charge in [-0.25, -0.2) is 0 Å². The summed E-state index contributed by atoms with van der Waals surface area (Å²) in [5.41, 5.74) is 1.54. The highest BCUT2D eigenvalue weighted by Gasteiger charge is 2.15. The van der Waals surface area contributed by atoms with Crippen LogP contribution in [0.5, 0.6) is 5.75 Å². The maximum atomic E-state index is 12.1. The number of hydrogen-bond donors (Lipinski definition) is 0. The van der Waals surface area contributed by atoms with Crippen LogP contribution in [-0.4, -0.2) is 22.7 Å². The first kappa shape index (κ1) is 12.8. The Hall–Kier alpha value is -1.62. The van der Waals surface area contributed by atoms with Crippen LogP contribution in [0, 0.1) is 0 Å². The summed E-state index contributed by atoms with van der Waals surface area (Å²) in [6, 6.07) is 7.48. The normalized spacial score (nSPS) is 10.4. The molecule has 0 aliphatic rings. The van der Waals surface area contributed by atoms with Gasteiger partial charge in [-0.2, -0.15) is 5.10 Å². The first-order chi connectivity index (χ1) is 8.61. The van der Waals surface area contributed by atoms with Crippen LogP contribution in [0.1, 0.15) is 16.1 Å². The summed E-state index contributed by atoms with van der Waals surface area (Å²) in [4.78, 5) is 12.1. The van der Waals surface area contributed by atoms with Gasteiger partial charge in [-0.3, -0.25) is 9.48 Å². The fraction of sp³-hybridized carbons (Fsp3) is 0.231. The molecule has 0 saturated carbocycles. The molecule has 0 spiro atoms. The molecule has 0 fully saturated rings. The van der Waals surface area contributed by atoms with Crippen LogP contribution in [0.15, 0.2) is 34.9 Å². The highest BCUT2D eigenvalue weighted by molar-refractivity contribution is 9.10. The Morgan fingerprint density at radius 2 is 2.06 bits per heavy atom. The Morgan fingerprint density at radius 1 is 1.39 bits per heavy atom. The Balaban J connectivity index is 2.16. The molecule has 0 aliphatic carbocycles. The van der Waals surface area contributed by atoms with E-state index in [4.69, 9.17) is 4.74 Å². The number of rotatable bonds is 4. The Kier molecular flexibility index (Phi) is 3.81. The Morgan fingerprint density at radius 3 is 2.56 bits per heavy atom. The molecule has 1 aromatic heterocycles. The quantitative estimate of drug-likeness (QED) is 0.816. The molecule has 2 rings (SSSR count). The lowest BCUT2D eigenvalue weighted by Crippen LogP contribution is -2.10. The molecule has 1 heterocycles. The zero-order valence-corrected chi connectivity index (χ0v) is 11.8. The lowest BCUT2D eigenvalue weighted by Gasteiger charge is -2.04. The van der Waals surface area contributed by atoms with Gasteiger partial charge in [0.1, 0.15) is 11.4 Å². The summed E-state index contributed by atoms with van der Waals surface area (Å²) >= 11 is 3.33. The van der Waals surface area contributed by atoms with E-state index in [2.05, 4.69) is 21.0 Å². The molecule has 5 heteroatoms. The Labute approximate surface area is 114 Å². The summed E-state index contributed by atoms with van der Waals surface area (Å²) in [6.07, 6.45) is 1.98. The fourth-order valence-corrected chi connectivity index (χ4v) is 2.31. The van der Waals surface area contributed by atoms with Gasteiger partial charge in [0.25, 0.3) is 0 Å². The van der Waals surface area contributed by atoms with Crippen LogP contribution in [0.3, 0.4) is 0 Å². The topological polar surface area (TPSA) is 44.1 Å². The van der Waals surface area contributed by atoms with Gasteiger partial charge in [-0.1, -0.05) is 12.1 Å². The molecule has 4 nitrogen and oxygen atoms in total. The molecule has 2 aromatic rings. The highest BCUT2D eigenvalue weighted by Crippen LogP contribution is 2.18. The van der Waals surface area contributed by atoms with Crippen LogP contribution in [-0.2, 0) is 13.5 Å². The minimum absolute atomic E-state index is 0.0343. The van der Waals surface area contributed by atoms with Gasteiger partial charge in [0.15, 0.2) is 5.78 Å². The summed E-state index contributed by atoms with van der Waals surface area (Å²) in [6.45, 7) is 0. The molecule has 0 aliphatic heterocycles. The van der Waals surface area contributed by atoms with Gasteiger partial charge >= 0.3 is 0 Å². The Bertz CT molecular complexity index is 541. The predicted molar refractivity (Wildman–Crippen MR) is 71.9 cm³/mol. The van der Waals surface area contributed by atoms with Crippen molar-refractivity contribution < 1.29 is 9.53 Å². The number of benzene rings is 1. The molecule has 94 valence electrons. The number of Topliss-reactive ketones (excluding diaryl/α,β-unsaturated/α-hetero) is 1. The predicted octanol–water partition coefficient (Wildman–Crippen LogP) is 2.62. The van der Waals surface area contributed by atoms with E-state index in [1.165, 1.54) is 0 Å². The van der Waals surface area contributed by atoms with Gasteiger partial charge in [0.2, 0.25) is 0 Å². The zero-order valence-electron chi connectivity index (χ0n) is 10.2. The number of ketones is 1. The summed E-state index contributed by atoms with van der Waals surface area (Å²) in [7, 11) is 3.37. The summed E-state index contributed by atoms with van der Waals surface area (Å²) in [5.74, 6) is 0.819. The first-order valence-electron chi connectivity index (χ1n) is 5.45. The number of methoxy groups -OCH3 is 1. The molecule has 1 aromatic carbocycles. The largest absolute Gasteiger partial charge is 0.497 e. The van der Waals surface area contributed by atoms with E-state index in [0.717, 1.165) is 15.8 Å². The second kappa shape index (κ2) is 5.35. The van der Waals surface area contributed by atoms with Crippen molar-refractivity contribution >= 4 is 21.7 Å². The molecule has 0 atom stereocenters. The highest BCUT2D eigenvalue weighted by atomic mass is 79.9. The number of aryl methyl sites for hydroxylation is 1. The number of carbonyl (C=O) groups excluding carboxylic acids is 1. The number of aromatic nitrogens is 2. The van der Waals surface area contributed by atoms with Gasteiger partial charge in [0.05, 0.1) is 17.8 Å². The van der Waals surface area contributed by atoms with Gasteiger partial charge in [-0.05, 0) is 33.6 Å². The molecule has 0 unspecified atom stereocenters. The van der Waals surface area contributed by atoms with Crippen molar-refractivity contribution in [3.63, 3.8) is 0 Å². The minimum Gasteiger partial charge on any atom is -0.497 e.